The molecule has 0 N–H and O–H groups in total. The van der Waals surface area contributed by atoms with Crippen molar-refractivity contribution in [2.45, 2.75) is 6.92 Å². The topological polar surface area (TPSA) is 29.5 Å². The lowest BCUT2D eigenvalue weighted by Gasteiger charge is -2.14. The molecular weight excluding hydrogens is 202 g/mol. The molecule has 1 aromatic carbocycles. The Morgan fingerprint density at radius 3 is 2.86 bits per heavy atom. The lowest BCUT2D eigenvalue weighted by atomic mass is 10.3. The number of rotatable bonds is 3. The highest BCUT2D eigenvalue weighted by molar-refractivity contribution is 6.66. The highest BCUT2D eigenvalue weighted by Gasteiger charge is 2.07. The molecule has 1 aromatic rings. The van der Waals surface area contributed by atoms with Crippen LogP contribution in [0.2, 0.25) is 0 Å². The molecule has 1 amide bonds. The molecular formula is C10H12ClNO2. The first kappa shape index (κ1) is 10.9. The number of hydrogen-bond donors (Lipinski definition) is 0. The second-order valence-electron chi connectivity index (χ2n) is 2.74. The molecule has 0 saturated carbocycles. The minimum Gasteiger partial charge on any atom is -0.494 e. The number of carbonyl (C=O) groups is 1. The van der Waals surface area contributed by atoms with Crippen LogP contribution in [0.3, 0.4) is 0 Å². The summed E-state index contributed by atoms with van der Waals surface area (Å²) in [7, 11) is 1.61. The van der Waals surface area contributed by atoms with Gasteiger partial charge in [0.25, 0.3) is 0 Å². The summed E-state index contributed by atoms with van der Waals surface area (Å²) >= 11 is 5.34. The van der Waals surface area contributed by atoms with E-state index in [0.29, 0.717) is 6.61 Å². The minimum absolute atomic E-state index is 0.515. The van der Waals surface area contributed by atoms with E-state index in [9.17, 15) is 4.79 Å². The molecule has 0 aliphatic carbocycles. The van der Waals surface area contributed by atoms with E-state index in [1.165, 1.54) is 4.90 Å². The smallest absolute Gasteiger partial charge is 0.320 e. The number of nitrogens with zero attached hydrogens (tertiary/aromatic N) is 1. The van der Waals surface area contributed by atoms with Gasteiger partial charge < -0.3 is 9.64 Å². The van der Waals surface area contributed by atoms with E-state index in [-0.39, 0.29) is 0 Å². The van der Waals surface area contributed by atoms with Gasteiger partial charge in [-0.2, -0.15) is 0 Å². The van der Waals surface area contributed by atoms with Crippen LogP contribution in [0.25, 0.3) is 0 Å². The van der Waals surface area contributed by atoms with Gasteiger partial charge in [0.1, 0.15) is 5.75 Å². The Kier molecular flexibility index (Phi) is 3.77. The Morgan fingerprint density at radius 2 is 2.29 bits per heavy atom. The zero-order chi connectivity index (χ0) is 10.6. The van der Waals surface area contributed by atoms with Gasteiger partial charge in [-0.05, 0) is 30.7 Å². The standard InChI is InChI=1S/C10H12ClNO2/c1-3-14-9-6-4-5-8(7-9)12(2)10(11)13/h4-7H,3H2,1-2H3. The van der Waals surface area contributed by atoms with Gasteiger partial charge in [-0.1, -0.05) is 6.07 Å². The second kappa shape index (κ2) is 4.86. The van der Waals surface area contributed by atoms with E-state index in [1.54, 1.807) is 19.2 Å². The van der Waals surface area contributed by atoms with Crippen LogP contribution in [0, 0.1) is 0 Å². The van der Waals surface area contributed by atoms with Crippen molar-refractivity contribution in [3.8, 4) is 5.75 Å². The van der Waals surface area contributed by atoms with Gasteiger partial charge in [0.2, 0.25) is 0 Å². The lowest BCUT2D eigenvalue weighted by molar-refractivity contribution is 0.265. The van der Waals surface area contributed by atoms with E-state index in [4.69, 9.17) is 16.3 Å². The Morgan fingerprint density at radius 1 is 1.57 bits per heavy atom. The number of ether oxygens (including phenoxy) is 1. The maximum Gasteiger partial charge on any atom is 0.320 e. The Balaban J connectivity index is 2.87. The summed E-state index contributed by atoms with van der Waals surface area (Å²) in [6.07, 6.45) is 0. The molecule has 0 unspecified atom stereocenters. The van der Waals surface area contributed by atoms with Gasteiger partial charge in [-0.15, -0.1) is 0 Å². The summed E-state index contributed by atoms with van der Waals surface area (Å²) in [6, 6.07) is 7.21. The average Bonchev–Trinajstić information content (AvgIpc) is 2.17. The SMILES string of the molecule is CCOc1cccc(N(C)C(=O)Cl)c1. The highest BCUT2D eigenvalue weighted by atomic mass is 35.5. The number of benzene rings is 1. The first-order valence-electron chi connectivity index (χ1n) is 4.31. The van der Waals surface area contributed by atoms with Crippen LogP contribution in [-0.4, -0.2) is 19.0 Å². The molecule has 14 heavy (non-hydrogen) atoms. The lowest BCUT2D eigenvalue weighted by Crippen LogP contribution is -2.19. The maximum atomic E-state index is 10.9. The summed E-state index contributed by atoms with van der Waals surface area (Å²) < 4.78 is 5.30. The van der Waals surface area contributed by atoms with Gasteiger partial charge in [0.05, 0.1) is 6.61 Å². The predicted molar refractivity (Wildman–Crippen MR) is 57.3 cm³/mol. The average molecular weight is 214 g/mol. The molecule has 0 atom stereocenters. The largest absolute Gasteiger partial charge is 0.494 e. The minimum atomic E-state index is -0.515. The quantitative estimate of drug-likeness (QED) is 0.571. The normalized spacial score (nSPS) is 9.64. The van der Waals surface area contributed by atoms with Crippen molar-refractivity contribution in [1.82, 2.24) is 0 Å². The van der Waals surface area contributed by atoms with Gasteiger partial charge in [-0.3, -0.25) is 4.79 Å². The summed E-state index contributed by atoms with van der Waals surface area (Å²) in [5.41, 5.74) is 0.718. The number of hydrogen-bond acceptors (Lipinski definition) is 2. The van der Waals surface area contributed by atoms with Crippen molar-refractivity contribution in [3.05, 3.63) is 24.3 Å². The second-order valence-corrected chi connectivity index (χ2v) is 3.07. The molecule has 76 valence electrons. The molecule has 3 nitrogen and oxygen atoms in total. The fraction of sp³-hybridized carbons (Fsp3) is 0.300. The van der Waals surface area contributed by atoms with E-state index in [0.717, 1.165) is 11.4 Å². The number of anilines is 1. The maximum absolute atomic E-state index is 10.9. The third-order valence-corrected chi connectivity index (χ3v) is 2.03. The first-order valence-corrected chi connectivity index (χ1v) is 4.69. The molecule has 0 radical (unpaired) electrons. The Bertz CT molecular complexity index is 328. The van der Waals surface area contributed by atoms with Crippen LogP contribution < -0.4 is 9.64 Å². The third-order valence-electron chi connectivity index (χ3n) is 1.78. The van der Waals surface area contributed by atoms with E-state index in [1.807, 2.05) is 19.1 Å². The molecule has 0 aliphatic rings. The molecule has 0 aliphatic heterocycles. The van der Waals surface area contributed by atoms with Crippen molar-refractivity contribution >= 4 is 22.7 Å². The van der Waals surface area contributed by atoms with Crippen LogP contribution in [-0.2, 0) is 0 Å². The van der Waals surface area contributed by atoms with Crippen LogP contribution in [0.5, 0.6) is 5.75 Å². The predicted octanol–water partition coefficient (Wildman–Crippen LogP) is 2.88. The Hall–Kier alpha value is -1.22. The molecule has 1 rings (SSSR count). The number of amides is 1. The van der Waals surface area contributed by atoms with Gasteiger partial charge in [0, 0.05) is 18.8 Å². The number of carbonyl (C=O) groups excluding carboxylic acids is 1. The molecule has 0 spiro atoms. The monoisotopic (exact) mass is 213 g/mol. The highest BCUT2D eigenvalue weighted by Crippen LogP contribution is 2.20. The molecule has 0 saturated heterocycles. The molecule has 4 heteroatoms. The van der Waals surface area contributed by atoms with Gasteiger partial charge in [0.15, 0.2) is 0 Å². The van der Waals surface area contributed by atoms with Gasteiger partial charge in [-0.25, -0.2) is 0 Å². The zero-order valence-corrected chi connectivity index (χ0v) is 8.91. The van der Waals surface area contributed by atoms with Gasteiger partial charge >= 0.3 is 5.37 Å². The summed E-state index contributed by atoms with van der Waals surface area (Å²) in [4.78, 5) is 12.2. The molecule has 0 heterocycles. The van der Waals surface area contributed by atoms with Crippen molar-refractivity contribution in [2.24, 2.45) is 0 Å². The fourth-order valence-electron chi connectivity index (χ4n) is 1.05. The summed E-state index contributed by atoms with van der Waals surface area (Å²) in [6.45, 7) is 2.51. The van der Waals surface area contributed by atoms with Crippen LogP contribution >= 0.6 is 11.6 Å². The fourth-order valence-corrected chi connectivity index (χ4v) is 1.15. The van der Waals surface area contributed by atoms with E-state index < -0.39 is 5.37 Å². The van der Waals surface area contributed by atoms with E-state index in [2.05, 4.69) is 0 Å². The van der Waals surface area contributed by atoms with Crippen LogP contribution in [0.4, 0.5) is 10.5 Å². The van der Waals surface area contributed by atoms with Crippen molar-refractivity contribution < 1.29 is 9.53 Å². The first-order chi connectivity index (χ1) is 6.65. The summed E-state index contributed by atoms with van der Waals surface area (Å²) in [5.74, 6) is 0.731. The molecule has 0 bridgehead atoms. The number of halogens is 1. The van der Waals surface area contributed by atoms with Crippen molar-refractivity contribution in [2.75, 3.05) is 18.6 Å². The van der Waals surface area contributed by atoms with Crippen molar-refractivity contribution in [1.29, 1.82) is 0 Å². The van der Waals surface area contributed by atoms with Crippen LogP contribution in [0.1, 0.15) is 6.92 Å². The Labute approximate surface area is 88.2 Å². The summed E-state index contributed by atoms with van der Waals surface area (Å²) in [5, 5.41) is -0.515. The molecule has 0 aromatic heterocycles. The zero-order valence-electron chi connectivity index (χ0n) is 8.16. The third kappa shape index (κ3) is 2.64. The van der Waals surface area contributed by atoms with Crippen LogP contribution in [0.15, 0.2) is 24.3 Å². The molecule has 0 fully saturated rings. The van der Waals surface area contributed by atoms with E-state index >= 15 is 0 Å². The van der Waals surface area contributed by atoms with Crippen molar-refractivity contribution in [3.63, 3.8) is 0 Å².